The number of nitrogens with two attached hydrogens (primary N) is 1. The second-order valence-corrected chi connectivity index (χ2v) is 3.93. The van der Waals surface area contributed by atoms with Gasteiger partial charge in [-0.05, 0) is 23.1 Å². The number of methoxy groups -OCH3 is 1. The molecule has 0 spiro atoms. The van der Waals surface area contributed by atoms with Crippen molar-refractivity contribution in [3.05, 3.63) is 36.0 Å². The molecule has 3 N–H and O–H groups in total. The quantitative estimate of drug-likeness (QED) is 0.851. The van der Waals surface area contributed by atoms with Crippen LogP contribution in [0.4, 0.5) is 0 Å². The number of carbonyl (C=O) groups is 1. The molecule has 0 aliphatic heterocycles. The van der Waals surface area contributed by atoms with Gasteiger partial charge in [0.15, 0.2) is 0 Å². The van der Waals surface area contributed by atoms with Crippen molar-refractivity contribution in [3.8, 4) is 5.88 Å². The highest BCUT2D eigenvalue weighted by atomic mass is 16.5. The van der Waals surface area contributed by atoms with E-state index in [9.17, 15) is 4.79 Å². The first-order valence-electron chi connectivity index (χ1n) is 5.53. The fraction of sp³-hybridized carbons (Fsp3) is 0.231. The summed E-state index contributed by atoms with van der Waals surface area (Å²) < 4.78 is 5.17. The van der Waals surface area contributed by atoms with Gasteiger partial charge in [0.25, 0.3) is 0 Å². The number of nitrogens with zero attached hydrogens (tertiary/aromatic N) is 1. The van der Waals surface area contributed by atoms with Crippen LogP contribution in [0.3, 0.4) is 0 Å². The van der Waals surface area contributed by atoms with Gasteiger partial charge in [0.2, 0.25) is 5.88 Å². The van der Waals surface area contributed by atoms with Gasteiger partial charge in [0, 0.05) is 18.1 Å². The molecule has 0 radical (unpaired) electrons. The first-order valence-corrected chi connectivity index (χ1v) is 5.53. The third-order valence-electron chi connectivity index (χ3n) is 2.88. The van der Waals surface area contributed by atoms with E-state index >= 15 is 0 Å². The van der Waals surface area contributed by atoms with Crippen molar-refractivity contribution in [1.29, 1.82) is 0 Å². The molecule has 0 aliphatic carbocycles. The van der Waals surface area contributed by atoms with Crippen LogP contribution in [0.25, 0.3) is 10.8 Å². The highest BCUT2D eigenvalue weighted by molar-refractivity contribution is 5.88. The van der Waals surface area contributed by atoms with Crippen LogP contribution in [0, 0.1) is 0 Å². The Morgan fingerprint density at radius 2 is 2.28 bits per heavy atom. The molecule has 0 saturated carbocycles. The van der Waals surface area contributed by atoms with Crippen LogP contribution in [0.1, 0.15) is 11.5 Å². The molecule has 94 valence electrons. The molecule has 5 heteroatoms. The van der Waals surface area contributed by atoms with E-state index in [4.69, 9.17) is 15.6 Å². The van der Waals surface area contributed by atoms with Crippen molar-refractivity contribution in [1.82, 2.24) is 4.98 Å². The van der Waals surface area contributed by atoms with Gasteiger partial charge in [-0.1, -0.05) is 12.1 Å². The number of carboxylic acids is 1. The highest BCUT2D eigenvalue weighted by Gasteiger charge is 2.18. The molecule has 1 unspecified atom stereocenters. The second-order valence-electron chi connectivity index (χ2n) is 3.93. The minimum absolute atomic E-state index is 0.0589. The molecule has 1 aromatic heterocycles. The fourth-order valence-electron chi connectivity index (χ4n) is 1.92. The molecule has 0 fully saturated rings. The molecule has 18 heavy (non-hydrogen) atoms. The summed E-state index contributed by atoms with van der Waals surface area (Å²) in [6.45, 7) is 0.0589. The monoisotopic (exact) mass is 246 g/mol. The lowest BCUT2D eigenvalue weighted by atomic mass is 9.97. The van der Waals surface area contributed by atoms with Crippen LogP contribution in [-0.2, 0) is 4.79 Å². The van der Waals surface area contributed by atoms with Crippen molar-refractivity contribution in [2.45, 2.75) is 5.92 Å². The lowest BCUT2D eigenvalue weighted by Crippen LogP contribution is -2.21. The van der Waals surface area contributed by atoms with Crippen LogP contribution in [0.5, 0.6) is 5.88 Å². The molecular weight excluding hydrogens is 232 g/mol. The summed E-state index contributed by atoms with van der Waals surface area (Å²) >= 11 is 0. The number of fused-ring (bicyclic) bond motifs is 1. The van der Waals surface area contributed by atoms with E-state index in [1.807, 2.05) is 12.1 Å². The molecule has 1 heterocycles. The maximum Gasteiger partial charge on any atom is 0.312 e. The molecule has 0 aliphatic rings. The number of hydrogen-bond acceptors (Lipinski definition) is 4. The average Bonchev–Trinajstić information content (AvgIpc) is 2.38. The van der Waals surface area contributed by atoms with Gasteiger partial charge in [-0.25, -0.2) is 4.98 Å². The first-order chi connectivity index (χ1) is 8.67. The molecule has 2 rings (SSSR count). The normalized spacial score (nSPS) is 12.3. The van der Waals surface area contributed by atoms with E-state index in [1.165, 1.54) is 7.11 Å². The largest absolute Gasteiger partial charge is 0.481 e. The Morgan fingerprint density at radius 1 is 1.50 bits per heavy atom. The van der Waals surface area contributed by atoms with Crippen LogP contribution in [-0.4, -0.2) is 29.7 Å². The third kappa shape index (κ3) is 2.12. The van der Waals surface area contributed by atoms with Crippen LogP contribution < -0.4 is 10.5 Å². The lowest BCUT2D eigenvalue weighted by Gasteiger charge is -2.12. The lowest BCUT2D eigenvalue weighted by molar-refractivity contribution is -0.138. The Bertz CT molecular complexity index is 583. The van der Waals surface area contributed by atoms with Crippen molar-refractivity contribution in [2.75, 3.05) is 13.7 Å². The van der Waals surface area contributed by atoms with Crippen molar-refractivity contribution >= 4 is 16.7 Å². The number of benzene rings is 1. The zero-order valence-corrected chi connectivity index (χ0v) is 9.96. The number of hydrogen-bond donors (Lipinski definition) is 2. The molecule has 0 amide bonds. The summed E-state index contributed by atoms with van der Waals surface area (Å²) in [5, 5.41) is 10.8. The van der Waals surface area contributed by atoms with Crippen molar-refractivity contribution in [3.63, 3.8) is 0 Å². The van der Waals surface area contributed by atoms with E-state index in [1.54, 1.807) is 18.3 Å². The third-order valence-corrected chi connectivity index (χ3v) is 2.88. The number of rotatable bonds is 4. The Hall–Kier alpha value is -2.14. The van der Waals surface area contributed by atoms with Crippen LogP contribution in [0.2, 0.25) is 0 Å². The van der Waals surface area contributed by atoms with Gasteiger partial charge < -0.3 is 15.6 Å². The van der Waals surface area contributed by atoms with E-state index in [0.717, 1.165) is 10.8 Å². The maximum atomic E-state index is 11.1. The molecule has 2 aromatic rings. The van der Waals surface area contributed by atoms with E-state index in [2.05, 4.69) is 4.98 Å². The highest BCUT2D eigenvalue weighted by Crippen LogP contribution is 2.26. The average molecular weight is 246 g/mol. The molecular formula is C13H14N2O3. The standard InChI is InChI=1S/C13H14N2O3/c1-18-12-10-6-9(11(7-14)13(16)17)3-2-8(10)4-5-15-12/h2-6,11H,7,14H2,1H3,(H,16,17). The Balaban J connectivity index is 2.58. The predicted octanol–water partition coefficient (Wildman–Crippen LogP) is 1.37. The minimum Gasteiger partial charge on any atom is -0.481 e. The van der Waals surface area contributed by atoms with Gasteiger partial charge in [0.05, 0.1) is 13.0 Å². The van der Waals surface area contributed by atoms with Gasteiger partial charge in [-0.2, -0.15) is 0 Å². The summed E-state index contributed by atoms with van der Waals surface area (Å²) in [7, 11) is 1.53. The first kappa shape index (κ1) is 12.3. The Kier molecular flexibility index (Phi) is 3.43. The second kappa shape index (κ2) is 5.01. The molecule has 0 saturated heterocycles. The van der Waals surface area contributed by atoms with Crippen molar-refractivity contribution in [2.24, 2.45) is 5.73 Å². The number of ether oxygens (including phenoxy) is 1. The summed E-state index contributed by atoms with van der Waals surface area (Å²) in [6.07, 6.45) is 1.65. The molecule has 1 aromatic carbocycles. The predicted molar refractivity (Wildman–Crippen MR) is 67.7 cm³/mol. The maximum absolute atomic E-state index is 11.1. The topological polar surface area (TPSA) is 85.4 Å². The summed E-state index contributed by atoms with van der Waals surface area (Å²) in [4.78, 5) is 15.2. The van der Waals surface area contributed by atoms with Gasteiger partial charge in [-0.15, -0.1) is 0 Å². The fourth-order valence-corrected chi connectivity index (χ4v) is 1.92. The Morgan fingerprint density at radius 3 is 2.89 bits per heavy atom. The Labute approximate surface area is 104 Å². The number of aliphatic carboxylic acids is 1. The number of carboxylic acid groups (broad SMARTS) is 1. The number of aromatic nitrogens is 1. The van der Waals surface area contributed by atoms with Gasteiger partial charge in [0.1, 0.15) is 0 Å². The zero-order chi connectivity index (χ0) is 13.1. The van der Waals surface area contributed by atoms with Crippen molar-refractivity contribution < 1.29 is 14.6 Å². The molecule has 1 atom stereocenters. The number of pyridine rings is 1. The summed E-state index contributed by atoms with van der Waals surface area (Å²) in [5.41, 5.74) is 6.15. The minimum atomic E-state index is -0.931. The molecule has 5 nitrogen and oxygen atoms in total. The molecule has 0 bridgehead atoms. The summed E-state index contributed by atoms with van der Waals surface area (Å²) in [6, 6.07) is 7.24. The van der Waals surface area contributed by atoms with Gasteiger partial charge in [-0.3, -0.25) is 4.79 Å². The van der Waals surface area contributed by atoms with E-state index < -0.39 is 11.9 Å². The van der Waals surface area contributed by atoms with Crippen LogP contribution >= 0.6 is 0 Å². The van der Waals surface area contributed by atoms with Gasteiger partial charge >= 0.3 is 5.97 Å². The van der Waals surface area contributed by atoms with Crippen LogP contribution in [0.15, 0.2) is 30.5 Å². The van der Waals surface area contributed by atoms with E-state index in [0.29, 0.717) is 11.4 Å². The zero-order valence-electron chi connectivity index (χ0n) is 9.96. The van der Waals surface area contributed by atoms with E-state index in [-0.39, 0.29) is 6.54 Å². The SMILES string of the molecule is COc1nccc2ccc(C(CN)C(=O)O)cc12. The smallest absolute Gasteiger partial charge is 0.312 e. The summed E-state index contributed by atoms with van der Waals surface area (Å²) in [5.74, 6) is -1.16.